The number of hydrogen-bond donors (Lipinski definition) is 2. The van der Waals surface area contributed by atoms with Gasteiger partial charge in [-0.2, -0.15) is 4.98 Å². The molecule has 2 N–H and O–H groups in total. The van der Waals surface area contributed by atoms with Gasteiger partial charge in [-0.3, -0.25) is 9.59 Å². The molecule has 0 saturated carbocycles. The molecule has 0 aliphatic heterocycles. The van der Waals surface area contributed by atoms with Gasteiger partial charge in [0.2, 0.25) is 5.82 Å². The summed E-state index contributed by atoms with van der Waals surface area (Å²) in [6.45, 7) is 3.71. The first-order valence-electron chi connectivity index (χ1n) is 9.09. The van der Waals surface area contributed by atoms with Crippen LogP contribution in [0.15, 0.2) is 54.6 Å². The predicted molar refractivity (Wildman–Crippen MR) is 114 cm³/mol. The second-order valence-electron chi connectivity index (χ2n) is 6.65. The number of carbonyl (C=O) groups is 2. The Bertz CT molecular complexity index is 1270. The highest BCUT2D eigenvalue weighted by atomic mass is 35.5. The fraction of sp³-hybridized carbons (Fsp3) is 0.0952. The highest BCUT2D eigenvalue weighted by molar-refractivity contribution is 6.30. The third-order valence-electron chi connectivity index (χ3n) is 4.35. The molecule has 0 saturated heterocycles. The normalized spacial score (nSPS) is 10.8. The van der Waals surface area contributed by atoms with E-state index in [4.69, 9.17) is 11.6 Å². The summed E-state index contributed by atoms with van der Waals surface area (Å²) < 4.78 is 1.51. The van der Waals surface area contributed by atoms with Crippen molar-refractivity contribution in [1.82, 2.24) is 19.6 Å². The van der Waals surface area contributed by atoms with E-state index >= 15 is 0 Å². The lowest BCUT2D eigenvalue weighted by atomic mass is 10.2. The molecule has 2 aromatic carbocycles. The molecule has 0 fully saturated rings. The molecule has 8 nitrogen and oxygen atoms in total. The number of nitrogens with zero attached hydrogens (tertiary/aromatic N) is 4. The van der Waals surface area contributed by atoms with Gasteiger partial charge in [0.15, 0.2) is 0 Å². The Morgan fingerprint density at radius 1 is 0.900 bits per heavy atom. The van der Waals surface area contributed by atoms with Gasteiger partial charge in [0.05, 0.1) is 11.4 Å². The largest absolute Gasteiger partial charge is 0.320 e. The second kappa shape index (κ2) is 7.92. The summed E-state index contributed by atoms with van der Waals surface area (Å²) in [7, 11) is 0. The molecule has 0 atom stereocenters. The zero-order valence-electron chi connectivity index (χ0n) is 16.2. The second-order valence-corrected chi connectivity index (χ2v) is 7.08. The van der Waals surface area contributed by atoms with Gasteiger partial charge in [0.1, 0.15) is 0 Å². The van der Waals surface area contributed by atoms with Crippen LogP contribution in [0.2, 0.25) is 5.02 Å². The van der Waals surface area contributed by atoms with Gasteiger partial charge in [0, 0.05) is 22.0 Å². The molecule has 9 heteroatoms. The fourth-order valence-corrected chi connectivity index (χ4v) is 3.06. The van der Waals surface area contributed by atoms with Crippen molar-refractivity contribution >= 4 is 40.6 Å². The molecule has 2 aromatic heterocycles. The van der Waals surface area contributed by atoms with Crippen molar-refractivity contribution in [3.63, 3.8) is 0 Å². The van der Waals surface area contributed by atoms with Gasteiger partial charge in [-0.15, -0.1) is 5.10 Å². The van der Waals surface area contributed by atoms with Crippen LogP contribution in [-0.4, -0.2) is 31.4 Å². The molecule has 2 heterocycles. The van der Waals surface area contributed by atoms with E-state index in [-0.39, 0.29) is 11.7 Å². The quantitative estimate of drug-likeness (QED) is 0.521. The third-order valence-corrected chi connectivity index (χ3v) is 4.60. The Morgan fingerprint density at radius 2 is 1.53 bits per heavy atom. The molecule has 0 unspecified atom stereocenters. The van der Waals surface area contributed by atoms with Crippen LogP contribution in [0.4, 0.5) is 11.4 Å². The van der Waals surface area contributed by atoms with Crippen molar-refractivity contribution in [2.75, 3.05) is 10.6 Å². The minimum atomic E-state index is -0.509. The van der Waals surface area contributed by atoms with Crippen LogP contribution >= 0.6 is 11.6 Å². The van der Waals surface area contributed by atoms with Crippen LogP contribution in [-0.2, 0) is 0 Å². The lowest BCUT2D eigenvalue weighted by molar-refractivity contribution is 0.101. The first-order valence-corrected chi connectivity index (χ1v) is 9.47. The average molecular weight is 421 g/mol. The first-order chi connectivity index (χ1) is 14.4. The average Bonchev–Trinajstić information content (AvgIpc) is 3.14. The van der Waals surface area contributed by atoms with Crippen molar-refractivity contribution in [2.24, 2.45) is 0 Å². The highest BCUT2D eigenvalue weighted by Crippen LogP contribution is 2.23. The lowest BCUT2D eigenvalue weighted by Crippen LogP contribution is -2.17. The molecule has 30 heavy (non-hydrogen) atoms. The van der Waals surface area contributed by atoms with E-state index in [1.165, 1.54) is 4.52 Å². The summed E-state index contributed by atoms with van der Waals surface area (Å²) in [5.41, 5.74) is 2.91. The summed E-state index contributed by atoms with van der Waals surface area (Å²) in [6.07, 6.45) is 0. The maximum Gasteiger partial charge on any atom is 0.295 e. The smallest absolute Gasteiger partial charge is 0.295 e. The molecule has 150 valence electrons. The van der Waals surface area contributed by atoms with Crippen LogP contribution < -0.4 is 10.6 Å². The number of carbonyl (C=O) groups excluding carboxylic acids is 2. The summed E-state index contributed by atoms with van der Waals surface area (Å²) in [4.78, 5) is 33.7. The molecule has 0 radical (unpaired) electrons. The van der Waals surface area contributed by atoms with E-state index in [0.29, 0.717) is 27.7 Å². The predicted octanol–water partition coefficient (Wildman–Crippen LogP) is 3.90. The lowest BCUT2D eigenvalue weighted by Gasteiger charge is -2.11. The number of halogens is 1. The molecule has 2 amide bonds. The van der Waals surface area contributed by atoms with Crippen LogP contribution in [0.5, 0.6) is 0 Å². The first kappa shape index (κ1) is 19.5. The standard InChI is InChI=1S/C21H17ClN6O2/c1-12-11-13(2)28-21(23-12)26-18(27-28)20(30)25-17-6-4-3-5-16(17)24-19(29)14-7-9-15(22)10-8-14/h3-11H,1-2H3,(H,24,29)(H,25,30). The summed E-state index contributed by atoms with van der Waals surface area (Å²) in [6, 6.07) is 15.2. The van der Waals surface area contributed by atoms with Crippen molar-refractivity contribution < 1.29 is 9.59 Å². The molecule has 4 aromatic rings. The molecule has 0 aliphatic carbocycles. The van der Waals surface area contributed by atoms with Crippen molar-refractivity contribution in [3.05, 3.63) is 82.4 Å². The zero-order chi connectivity index (χ0) is 21.3. The minimum Gasteiger partial charge on any atom is -0.320 e. The SMILES string of the molecule is Cc1cc(C)n2nc(C(=O)Nc3ccccc3NC(=O)c3ccc(Cl)cc3)nc2n1. The van der Waals surface area contributed by atoms with Crippen LogP contribution in [0.1, 0.15) is 32.4 Å². The number of anilines is 2. The molecular formula is C21H17ClN6O2. The van der Waals surface area contributed by atoms with E-state index in [1.807, 2.05) is 19.9 Å². The van der Waals surface area contributed by atoms with Crippen LogP contribution in [0.25, 0.3) is 5.78 Å². The number of aromatic nitrogens is 4. The summed E-state index contributed by atoms with van der Waals surface area (Å²) in [5.74, 6) is -0.503. The van der Waals surface area contributed by atoms with Crippen LogP contribution in [0, 0.1) is 13.8 Å². The topological polar surface area (TPSA) is 101 Å². The number of amides is 2. The Kier molecular flexibility index (Phi) is 5.16. The summed E-state index contributed by atoms with van der Waals surface area (Å²) >= 11 is 5.87. The van der Waals surface area contributed by atoms with Gasteiger partial charge in [0.25, 0.3) is 17.6 Å². The zero-order valence-corrected chi connectivity index (χ0v) is 16.9. The highest BCUT2D eigenvalue weighted by Gasteiger charge is 2.17. The minimum absolute atomic E-state index is 0.0185. The van der Waals surface area contributed by atoms with E-state index in [0.717, 1.165) is 11.4 Å². The van der Waals surface area contributed by atoms with E-state index in [2.05, 4.69) is 25.7 Å². The van der Waals surface area contributed by atoms with Gasteiger partial charge in [-0.1, -0.05) is 23.7 Å². The third kappa shape index (κ3) is 3.99. The van der Waals surface area contributed by atoms with Crippen LogP contribution in [0.3, 0.4) is 0 Å². The Balaban J connectivity index is 1.57. The Labute approximate surface area is 176 Å². The maximum atomic E-state index is 12.7. The van der Waals surface area contributed by atoms with Crippen molar-refractivity contribution in [3.8, 4) is 0 Å². The van der Waals surface area contributed by atoms with Gasteiger partial charge in [-0.25, -0.2) is 9.50 Å². The number of hydrogen-bond acceptors (Lipinski definition) is 5. The van der Waals surface area contributed by atoms with Gasteiger partial charge >= 0.3 is 0 Å². The number of rotatable bonds is 4. The van der Waals surface area contributed by atoms with E-state index in [1.54, 1.807) is 48.5 Å². The van der Waals surface area contributed by atoms with Crippen molar-refractivity contribution in [1.29, 1.82) is 0 Å². The van der Waals surface area contributed by atoms with Gasteiger partial charge < -0.3 is 10.6 Å². The fourth-order valence-electron chi connectivity index (χ4n) is 2.94. The van der Waals surface area contributed by atoms with E-state index in [9.17, 15) is 9.59 Å². The number of para-hydroxylation sites is 2. The number of benzene rings is 2. The number of nitrogens with one attached hydrogen (secondary N) is 2. The molecule has 0 spiro atoms. The summed E-state index contributed by atoms with van der Waals surface area (Å²) in [5, 5.41) is 10.3. The number of fused-ring (bicyclic) bond motifs is 1. The monoisotopic (exact) mass is 420 g/mol. The molecular weight excluding hydrogens is 404 g/mol. The number of aryl methyl sites for hydroxylation is 2. The molecule has 0 aliphatic rings. The Morgan fingerprint density at radius 3 is 2.20 bits per heavy atom. The maximum absolute atomic E-state index is 12.7. The van der Waals surface area contributed by atoms with E-state index < -0.39 is 5.91 Å². The van der Waals surface area contributed by atoms with Gasteiger partial charge in [-0.05, 0) is 56.3 Å². The van der Waals surface area contributed by atoms with Crippen molar-refractivity contribution in [2.45, 2.75) is 13.8 Å². The Hall–Kier alpha value is -3.78. The molecule has 0 bridgehead atoms. The molecule has 4 rings (SSSR count).